The van der Waals surface area contributed by atoms with Gasteiger partial charge in [-0.1, -0.05) is 6.92 Å². The molecule has 0 aliphatic carbocycles. The summed E-state index contributed by atoms with van der Waals surface area (Å²) in [4.78, 5) is 2.39. The highest BCUT2D eigenvalue weighted by Gasteiger charge is 2.17. The molecule has 1 aliphatic heterocycles. The molecule has 1 aliphatic rings. The molecular formula is C11H24N2O. The van der Waals surface area contributed by atoms with Gasteiger partial charge in [0.05, 0.1) is 6.61 Å². The minimum atomic E-state index is 0.267. The molecule has 0 aromatic carbocycles. The van der Waals surface area contributed by atoms with Gasteiger partial charge in [-0.2, -0.15) is 0 Å². The van der Waals surface area contributed by atoms with Crippen molar-refractivity contribution in [3.8, 4) is 0 Å². The van der Waals surface area contributed by atoms with Gasteiger partial charge in [0.1, 0.15) is 0 Å². The van der Waals surface area contributed by atoms with Gasteiger partial charge in [0.25, 0.3) is 0 Å². The van der Waals surface area contributed by atoms with Crippen molar-refractivity contribution < 1.29 is 5.11 Å². The normalized spacial score (nSPS) is 22.5. The van der Waals surface area contributed by atoms with E-state index < -0.39 is 0 Å². The van der Waals surface area contributed by atoms with Crippen LogP contribution in [0.25, 0.3) is 0 Å². The van der Waals surface area contributed by atoms with Crippen molar-refractivity contribution in [3.63, 3.8) is 0 Å². The maximum absolute atomic E-state index is 9.03. The monoisotopic (exact) mass is 200 g/mol. The van der Waals surface area contributed by atoms with Crippen LogP contribution in [-0.4, -0.2) is 49.3 Å². The van der Waals surface area contributed by atoms with Gasteiger partial charge >= 0.3 is 0 Å². The van der Waals surface area contributed by atoms with Gasteiger partial charge in [0, 0.05) is 6.04 Å². The molecule has 0 bridgehead atoms. The largest absolute Gasteiger partial charge is 0.395 e. The number of likely N-dealkylation sites (tertiary alicyclic amines) is 1. The highest BCUT2D eigenvalue weighted by molar-refractivity contribution is 4.73. The fraction of sp³-hybridized carbons (Fsp3) is 1.00. The third kappa shape index (κ3) is 3.95. The molecule has 84 valence electrons. The maximum Gasteiger partial charge on any atom is 0.0584 e. The molecule has 2 N–H and O–H groups in total. The fourth-order valence-corrected chi connectivity index (χ4v) is 1.94. The summed E-state index contributed by atoms with van der Waals surface area (Å²) in [5.41, 5.74) is 0. The minimum absolute atomic E-state index is 0.267. The van der Waals surface area contributed by atoms with Crippen LogP contribution in [0.15, 0.2) is 0 Å². The summed E-state index contributed by atoms with van der Waals surface area (Å²) in [6, 6.07) is 0.301. The predicted molar refractivity (Wildman–Crippen MR) is 59.4 cm³/mol. The summed E-state index contributed by atoms with van der Waals surface area (Å²) >= 11 is 0. The van der Waals surface area contributed by atoms with Crippen molar-refractivity contribution >= 4 is 0 Å². The molecular weight excluding hydrogens is 176 g/mol. The Labute approximate surface area is 87.5 Å². The summed E-state index contributed by atoms with van der Waals surface area (Å²) < 4.78 is 0. The number of nitrogens with zero attached hydrogens (tertiary/aromatic N) is 1. The van der Waals surface area contributed by atoms with Gasteiger partial charge in [-0.05, 0) is 51.9 Å². The smallest absolute Gasteiger partial charge is 0.0584 e. The molecule has 3 heteroatoms. The van der Waals surface area contributed by atoms with Gasteiger partial charge in [0.15, 0.2) is 0 Å². The van der Waals surface area contributed by atoms with Gasteiger partial charge < -0.3 is 15.3 Å². The summed E-state index contributed by atoms with van der Waals surface area (Å²) in [7, 11) is 2.19. The summed E-state index contributed by atoms with van der Waals surface area (Å²) in [6.45, 7) is 5.91. The molecule has 0 amide bonds. The van der Waals surface area contributed by atoms with E-state index in [1.165, 1.54) is 25.9 Å². The molecule has 1 rings (SSSR count). The van der Waals surface area contributed by atoms with Crippen LogP contribution < -0.4 is 5.32 Å². The Kier molecular flexibility index (Phi) is 5.45. The lowest BCUT2D eigenvalue weighted by molar-refractivity contribution is 0.195. The second-order valence-corrected chi connectivity index (χ2v) is 4.44. The Bertz CT molecular complexity index is 140. The second-order valence-electron chi connectivity index (χ2n) is 4.44. The summed E-state index contributed by atoms with van der Waals surface area (Å²) in [6.07, 6.45) is 3.61. The predicted octanol–water partition coefficient (Wildman–Crippen LogP) is 0.689. The lowest BCUT2D eigenvalue weighted by Crippen LogP contribution is -2.39. The van der Waals surface area contributed by atoms with E-state index in [-0.39, 0.29) is 6.61 Å². The molecule has 1 atom stereocenters. The van der Waals surface area contributed by atoms with Gasteiger partial charge in [-0.15, -0.1) is 0 Å². The molecule has 0 aromatic rings. The number of aliphatic hydroxyl groups excluding tert-OH is 1. The number of hydrogen-bond acceptors (Lipinski definition) is 3. The summed E-state index contributed by atoms with van der Waals surface area (Å²) in [5.74, 6) is 0.812. The maximum atomic E-state index is 9.03. The number of rotatable bonds is 5. The van der Waals surface area contributed by atoms with Crippen LogP contribution >= 0.6 is 0 Å². The van der Waals surface area contributed by atoms with Crippen LogP contribution in [0.4, 0.5) is 0 Å². The Morgan fingerprint density at radius 1 is 1.43 bits per heavy atom. The first-order chi connectivity index (χ1) is 6.76. The Morgan fingerprint density at radius 3 is 2.57 bits per heavy atom. The zero-order valence-corrected chi connectivity index (χ0v) is 9.50. The van der Waals surface area contributed by atoms with Gasteiger partial charge in [-0.3, -0.25) is 0 Å². The Morgan fingerprint density at radius 2 is 2.07 bits per heavy atom. The van der Waals surface area contributed by atoms with Gasteiger partial charge in [0.2, 0.25) is 0 Å². The van der Waals surface area contributed by atoms with Crippen molar-refractivity contribution in [3.05, 3.63) is 0 Å². The molecule has 1 saturated heterocycles. The molecule has 14 heavy (non-hydrogen) atoms. The van der Waals surface area contributed by atoms with Crippen LogP contribution in [-0.2, 0) is 0 Å². The molecule has 1 fully saturated rings. The van der Waals surface area contributed by atoms with Crippen molar-refractivity contribution in [1.82, 2.24) is 10.2 Å². The van der Waals surface area contributed by atoms with E-state index in [0.717, 1.165) is 18.9 Å². The average molecular weight is 200 g/mol. The third-order valence-corrected chi connectivity index (χ3v) is 3.25. The number of hydrogen-bond donors (Lipinski definition) is 2. The van der Waals surface area contributed by atoms with E-state index in [4.69, 9.17) is 5.11 Å². The SMILES string of the molecule is CC[C@H](CO)NCC1CCN(C)CC1. The van der Waals surface area contributed by atoms with Crippen LogP contribution in [0.3, 0.4) is 0 Å². The van der Waals surface area contributed by atoms with E-state index >= 15 is 0 Å². The minimum Gasteiger partial charge on any atom is -0.395 e. The lowest BCUT2D eigenvalue weighted by Gasteiger charge is -2.30. The first-order valence-corrected chi connectivity index (χ1v) is 5.79. The highest BCUT2D eigenvalue weighted by Crippen LogP contribution is 2.14. The second kappa shape index (κ2) is 6.38. The Hall–Kier alpha value is -0.120. The first-order valence-electron chi connectivity index (χ1n) is 5.79. The van der Waals surface area contributed by atoms with E-state index in [1.807, 2.05) is 0 Å². The topological polar surface area (TPSA) is 35.5 Å². The van der Waals surface area contributed by atoms with E-state index in [1.54, 1.807) is 0 Å². The van der Waals surface area contributed by atoms with Crippen LogP contribution in [0, 0.1) is 5.92 Å². The lowest BCUT2D eigenvalue weighted by atomic mass is 9.97. The van der Waals surface area contributed by atoms with E-state index in [2.05, 4.69) is 24.2 Å². The molecule has 3 nitrogen and oxygen atoms in total. The number of piperidine rings is 1. The quantitative estimate of drug-likeness (QED) is 0.685. The first kappa shape index (κ1) is 12.0. The van der Waals surface area contributed by atoms with Crippen molar-refractivity contribution in [2.45, 2.75) is 32.2 Å². The zero-order valence-electron chi connectivity index (χ0n) is 9.50. The van der Waals surface area contributed by atoms with E-state index in [0.29, 0.717) is 6.04 Å². The highest BCUT2D eigenvalue weighted by atomic mass is 16.3. The summed E-state index contributed by atoms with van der Waals surface area (Å²) in [5, 5.41) is 12.5. The Balaban J connectivity index is 2.12. The van der Waals surface area contributed by atoms with E-state index in [9.17, 15) is 0 Å². The number of aliphatic hydroxyl groups is 1. The van der Waals surface area contributed by atoms with Crippen molar-refractivity contribution in [2.75, 3.05) is 33.3 Å². The molecule has 1 heterocycles. The van der Waals surface area contributed by atoms with Crippen LogP contribution in [0.2, 0.25) is 0 Å². The molecule has 0 spiro atoms. The standard InChI is InChI=1S/C11H24N2O/c1-3-11(9-14)12-8-10-4-6-13(2)7-5-10/h10-12,14H,3-9H2,1-2H3/t11-/m1/s1. The molecule has 0 saturated carbocycles. The average Bonchev–Trinajstić information content (AvgIpc) is 2.22. The van der Waals surface area contributed by atoms with Crippen molar-refractivity contribution in [2.24, 2.45) is 5.92 Å². The molecule has 0 aromatic heterocycles. The molecule has 0 radical (unpaired) electrons. The zero-order chi connectivity index (χ0) is 10.4. The van der Waals surface area contributed by atoms with Crippen LogP contribution in [0.5, 0.6) is 0 Å². The molecule has 0 unspecified atom stereocenters. The number of nitrogens with one attached hydrogen (secondary N) is 1. The van der Waals surface area contributed by atoms with Crippen LogP contribution in [0.1, 0.15) is 26.2 Å². The third-order valence-electron chi connectivity index (χ3n) is 3.25. The van der Waals surface area contributed by atoms with Gasteiger partial charge in [-0.25, -0.2) is 0 Å². The van der Waals surface area contributed by atoms with Crippen molar-refractivity contribution in [1.29, 1.82) is 0 Å². The fourth-order valence-electron chi connectivity index (χ4n) is 1.94.